The molecule has 0 heterocycles. The van der Waals surface area contributed by atoms with Gasteiger partial charge < -0.3 is 10.1 Å². The van der Waals surface area contributed by atoms with Gasteiger partial charge in [0.25, 0.3) is 0 Å². The zero-order chi connectivity index (χ0) is 12.0. The molecule has 0 unspecified atom stereocenters. The molecule has 0 aliphatic carbocycles. The molecule has 0 saturated heterocycles. The van der Waals surface area contributed by atoms with Crippen LogP contribution in [0.2, 0.25) is 0 Å². The van der Waals surface area contributed by atoms with Crippen molar-refractivity contribution in [3.05, 3.63) is 29.8 Å². The number of methoxy groups -OCH3 is 1. The summed E-state index contributed by atoms with van der Waals surface area (Å²) in [6.07, 6.45) is 1.74. The summed E-state index contributed by atoms with van der Waals surface area (Å²) in [5, 5.41) is 9.20. The Kier molecular flexibility index (Phi) is 4.72. The van der Waals surface area contributed by atoms with Crippen LogP contribution in [0.1, 0.15) is 5.56 Å². The maximum absolute atomic E-state index is 5.06. The van der Waals surface area contributed by atoms with E-state index in [-0.39, 0.29) is 0 Å². The second kappa shape index (κ2) is 6.07. The summed E-state index contributed by atoms with van der Waals surface area (Å²) in [6.45, 7) is 0. The first-order valence-corrected chi connectivity index (χ1v) is 5.21. The van der Waals surface area contributed by atoms with Crippen molar-refractivity contribution < 1.29 is 4.74 Å². The maximum atomic E-state index is 5.06. The fourth-order valence-electron chi connectivity index (χ4n) is 1.06. The minimum Gasteiger partial charge on any atom is -0.497 e. The molecule has 0 atom stereocenters. The third kappa shape index (κ3) is 3.51. The van der Waals surface area contributed by atoms with Gasteiger partial charge in [0.05, 0.1) is 13.3 Å². The normalized spacial score (nSPS) is 10.2. The van der Waals surface area contributed by atoms with Gasteiger partial charge in [-0.1, -0.05) is 0 Å². The standard InChI is InChI=1S/C11H15N3OS/c1-12-11(16)14(2)13-8-9-4-6-10(15-3)7-5-9/h4-8H,1-3H3,(H,12,16)/b13-8+. The van der Waals surface area contributed by atoms with E-state index in [2.05, 4.69) is 10.4 Å². The fraction of sp³-hybridized carbons (Fsp3) is 0.273. The average Bonchev–Trinajstić information content (AvgIpc) is 2.35. The van der Waals surface area contributed by atoms with Gasteiger partial charge in [0.2, 0.25) is 0 Å². The van der Waals surface area contributed by atoms with E-state index in [0.717, 1.165) is 11.3 Å². The van der Waals surface area contributed by atoms with Crippen LogP contribution in [0.5, 0.6) is 5.75 Å². The van der Waals surface area contributed by atoms with Gasteiger partial charge in [-0.3, -0.25) is 0 Å². The molecule has 0 aliphatic rings. The predicted molar refractivity (Wildman–Crippen MR) is 70.0 cm³/mol. The third-order valence-electron chi connectivity index (χ3n) is 2.00. The van der Waals surface area contributed by atoms with E-state index in [1.807, 2.05) is 24.3 Å². The van der Waals surface area contributed by atoms with E-state index >= 15 is 0 Å². The molecule has 0 spiro atoms. The molecule has 16 heavy (non-hydrogen) atoms. The van der Waals surface area contributed by atoms with Crippen LogP contribution in [0.25, 0.3) is 0 Å². The molecule has 86 valence electrons. The molecule has 0 saturated carbocycles. The van der Waals surface area contributed by atoms with Gasteiger partial charge in [0.1, 0.15) is 5.75 Å². The molecule has 0 bridgehead atoms. The van der Waals surface area contributed by atoms with Crippen LogP contribution < -0.4 is 10.1 Å². The summed E-state index contributed by atoms with van der Waals surface area (Å²) in [6, 6.07) is 7.63. The lowest BCUT2D eigenvalue weighted by Crippen LogP contribution is -2.30. The molecular weight excluding hydrogens is 222 g/mol. The number of nitrogens with zero attached hydrogens (tertiary/aromatic N) is 2. The van der Waals surface area contributed by atoms with Crippen LogP contribution in [0, 0.1) is 0 Å². The third-order valence-corrected chi connectivity index (χ3v) is 2.47. The molecule has 0 fully saturated rings. The highest BCUT2D eigenvalue weighted by molar-refractivity contribution is 7.80. The number of hydrogen-bond acceptors (Lipinski definition) is 3. The molecule has 0 amide bonds. The molecule has 0 radical (unpaired) electrons. The Hall–Kier alpha value is -1.62. The zero-order valence-electron chi connectivity index (χ0n) is 9.60. The Labute approximate surface area is 101 Å². The number of thiocarbonyl (C=S) groups is 1. The second-order valence-corrected chi connectivity index (χ2v) is 3.48. The van der Waals surface area contributed by atoms with Crippen molar-refractivity contribution in [1.29, 1.82) is 0 Å². The number of nitrogens with one attached hydrogen (secondary N) is 1. The summed E-state index contributed by atoms with van der Waals surface area (Å²) in [5.41, 5.74) is 0.992. The number of hydrazone groups is 1. The summed E-state index contributed by atoms with van der Waals surface area (Å²) < 4.78 is 5.06. The highest BCUT2D eigenvalue weighted by Crippen LogP contribution is 2.09. The minimum atomic E-state index is 0.574. The van der Waals surface area contributed by atoms with Crippen LogP contribution in [0.4, 0.5) is 0 Å². The lowest BCUT2D eigenvalue weighted by atomic mass is 10.2. The highest BCUT2D eigenvalue weighted by Gasteiger charge is 1.97. The van der Waals surface area contributed by atoms with Crippen molar-refractivity contribution in [2.24, 2.45) is 5.10 Å². The van der Waals surface area contributed by atoms with Crippen LogP contribution in [0.15, 0.2) is 29.4 Å². The molecule has 1 N–H and O–H groups in total. The van der Waals surface area contributed by atoms with Crippen molar-refractivity contribution in [1.82, 2.24) is 10.3 Å². The fourth-order valence-corrected chi connectivity index (χ4v) is 1.10. The van der Waals surface area contributed by atoms with Crippen LogP contribution in [-0.2, 0) is 0 Å². The number of benzene rings is 1. The lowest BCUT2D eigenvalue weighted by molar-refractivity contribution is 0.415. The van der Waals surface area contributed by atoms with E-state index in [0.29, 0.717) is 5.11 Å². The van der Waals surface area contributed by atoms with Gasteiger partial charge in [-0.2, -0.15) is 5.10 Å². The Morgan fingerprint density at radius 1 is 1.44 bits per heavy atom. The van der Waals surface area contributed by atoms with Gasteiger partial charge >= 0.3 is 0 Å². The molecule has 1 rings (SSSR count). The number of ether oxygens (including phenoxy) is 1. The minimum absolute atomic E-state index is 0.574. The van der Waals surface area contributed by atoms with Crippen molar-refractivity contribution in [2.75, 3.05) is 21.2 Å². The van der Waals surface area contributed by atoms with E-state index in [9.17, 15) is 0 Å². The van der Waals surface area contributed by atoms with E-state index in [1.54, 1.807) is 32.4 Å². The van der Waals surface area contributed by atoms with Gasteiger partial charge in [0, 0.05) is 14.1 Å². The molecule has 1 aromatic carbocycles. The maximum Gasteiger partial charge on any atom is 0.189 e. The smallest absolute Gasteiger partial charge is 0.189 e. The first kappa shape index (κ1) is 12.4. The quantitative estimate of drug-likeness (QED) is 0.490. The summed E-state index contributed by atoms with van der Waals surface area (Å²) >= 11 is 5.01. The van der Waals surface area contributed by atoms with Gasteiger partial charge in [-0.05, 0) is 42.0 Å². The Morgan fingerprint density at radius 2 is 2.06 bits per heavy atom. The van der Waals surface area contributed by atoms with Crippen molar-refractivity contribution in [3.8, 4) is 5.75 Å². The second-order valence-electron chi connectivity index (χ2n) is 3.10. The summed E-state index contributed by atoms with van der Waals surface area (Å²) in [5.74, 6) is 0.830. The summed E-state index contributed by atoms with van der Waals surface area (Å²) in [4.78, 5) is 0. The highest BCUT2D eigenvalue weighted by atomic mass is 32.1. The average molecular weight is 237 g/mol. The van der Waals surface area contributed by atoms with Crippen LogP contribution >= 0.6 is 12.2 Å². The van der Waals surface area contributed by atoms with Crippen molar-refractivity contribution >= 4 is 23.5 Å². The van der Waals surface area contributed by atoms with E-state index in [1.165, 1.54) is 0 Å². The Bertz CT molecular complexity index is 375. The monoisotopic (exact) mass is 237 g/mol. The SMILES string of the molecule is CNC(=S)N(C)/N=C/c1ccc(OC)cc1. The molecular formula is C11H15N3OS. The van der Waals surface area contributed by atoms with Gasteiger partial charge in [-0.15, -0.1) is 0 Å². The zero-order valence-corrected chi connectivity index (χ0v) is 10.4. The summed E-state index contributed by atoms with van der Waals surface area (Å²) in [7, 11) is 5.20. The van der Waals surface area contributed by atoms with E-state index < -0.39 is 0 Å². The van der Waals surface area contributed by atoms with Crippen LogP contribution in [0.3, 0.4) is 0 Å². The Balaban J connectivity index is 2.65. The first-order chi connectivity index (χ1) is 7.67. The molecule has 0 aromatic heterocycles. The van der Waals surface area contributed by atoms with E-state index in [4.69, 9.17) is 17.0 Å². The molecule has 1 aromatic rings. The van der Waals surface area contributed by atoms with Gasteiger partial charge in [-0.25, -0.2) is 5.01 Å². The molecule has 0 aliphatic heterocycles. The molecule has 4 nitrogen and oxygen atoms in total. The van der Waals surface area contributed by atoms with Crippen LogP contribution in [-0.4, -0.2) is 37.5 Å². The number of hydrogen-bond donors (Lipinski definition) is 1. The Morgan fingerprint density at radius 3 is 2.56 bits per heavy atom. The first-order valence-electron chi connectivity index (χ1n) is 4.81. The molecule has 5 heteroatoms. The van der Waals surface area contributed by atoms with Gasteiger partial charge in [0.15, 0.2) is 5.11 Å². The number of rotatable bonds is 3. The van der Waals surface area contributed by atoms with Crippen molar-refractivity contribution in [3.63, 3.8) is 0 Å². The lowest BCUT2D eigenvalue weighted by Gasteiger charge is -2.12. The largest absolute Gasteiger partial charge is 0.497 e. The van der Waals surface area contributed by atoms with Crippen molar-refractivity contribution in [2.45, 2.75) is 0 Å². The predicted octanol–water partition coefficient (Wildman–Crippen LogP) is 1.47. The topological polar surface area (TPSA) is 36.9 Å².